The minimum atomic E-state index is -0.324. The number of nitrogens with zero attached hydrogens (tertiary/aromatic N) is 2. The number of carbonyl (C=O) groups excluding carboxylic acids is 1. The van der Waals surface area contributed by atoms with Crippen LogP contribution in [-0.2, 0) is 11.2 Å². The van der Waals surface area contributed by atoms with Crippen molar-refractivity contribution in [1.29, 1.82) is 0 Å². The second kappa shape index (κ2) is 6.24. The molecule has 0 aliphatic rings. The molecule has 2 heterocycles. The molecule has 0 spiro atoms. The van der Waals surface area contributed by atoms with E-state index in [1.165, 1.54) is 0 Å². The summed E-state index contributed by atoms with van der Waals surface area (Å²) in [5.41, 5.74) is 3.17. The minimum absolute atomic E-state index is 0.0885. The lowest BCUT2D eigenvalue weighted by atomic mass is 10.1. The van der Waals surface area contributed by atoms with Gasteiger partial charge in [-0.3, -0.25) is 4.79 Å². The van der Waals surface area contributed by atoms with E-state index in [4.69, 9.17) is 0 Å². The molecule has 6 heteroatoms. The summed E-state index contributed by atoms with van der Waals surface area (Å²) >= 11 is 0. The molecule has 0 atom stereocenters. The van der Waals surface area contributed by atoms with Gasteiger partial charge in [-0.25, -0.2) is 0 Å². The Morgan fingerprint density at radius 2 is 1.72 bits per heavy atom. The second-order valence-electron chi connectivity index (χ2n) is 5.82. The van der Waals surface area contributed by atoms with E-state index in [1.54, 1.807) is 0 Å². The third-order valence-electron chi connectivity index (χ3n) is 4.20. The number of aromatic amines is 2. The van der Waals surface area contributed by atoms with Crippen LogP contribution in [0.5, 0.6) is 5.88 Å². The Morgan fingerprint density at radius 3 is 2.56 bits per heavy atom. The molecule has 2 aromatic carbocycles. The van der Waals surface area contributed by atoms with Crippen molar-refractivity contribution >= 4 is 33.4 Å². The number of aryl methyl sites for hydroxylation is 1. The van der Waals surface area contributed by atoms with Crippen LogP contribution in [0.3, 0.4) is 0 Å². The van der Waals surface area contributed by atoms with Gasteiger partial charge in [0.05, 0.1) is 5.52 Å². The summed E-state index contributed by atoms with van der Waals surface area (Å²) in [6, 6.07) is 15.3. The Balaban J connectivity index is 1.48. The van der Waals surface area contributed by atoms with Crippen LogP contribution in [0.15, 0.2) is 65.0 Å². The number of para-hydroxylation sites is 2. The second-order valence-corrected chi connectivity index (χ2v) is 5.82. The van der Waals surface area contributed by atoms with E-state index in [1.807, 2.05) is 54.7 Å². The molecule has 0 aliphatic carbocycles. The van der Waals surface area contributed by atoms with Gasteiger partial charge in [-0.05, 0) is 24.1 Å². The van der Waals surface area contributed by atoms with Crippen LogP contribution < -0.4 is 0 Å². The van der Waals surface area contributed by atoms with E-state index in [-0.39, 0.29) is 23.9 Å². The number of amides is 1. The standard InChI is InChI=1S/C19H16N4O2/c24-17(10-9-12-11-20-15-7-3-1-5-13(12)15)22-23-18-14-6-2-4-8-16(14)21-19(18)25/h1-8,11,20-21,25H,9-10H2. The van der Waals surface area contributed by atoms with Crippen LogP contribution in [0.2, 0.25) is 0 Å². The van der Waals surface area contributed by atoms with Crippen LogP contribution in [0, 0.1) is 0 Å². The van der Waals surface area contributed by atoms with Gasteiger partial charge in [0.25, 0.3) is 5.91 Å². The number of nitrogens with one attached hydrogen (secondary N) is 2. The van der Waals surface area contributed by atoms with Crippen LogP contribution in [0.1, 0.15) is 12.0 Å². The van der Waals surface area contributed by atoms with E-state index in [0.717, 1.165) is 27.4 Å². The molecular formula is C19H16N4O2. The number of aromatic hydroxyl groups is 1. The van der Waals surface area contributed by atoms with Crippen molar-refractivity contribution in [3.05, 3.63) is 60.3 Å². The summed E-state index contributed by atoms with van der Waals surface area (Å²) in [5, 5.41) is 19.5. The van der Waals surface area contributed by atoms with Gasteiger partial charge in [0, 0.05) is 28.9 Å². The van der Waals surface area contributed by atoms with Crippen molar-refractivity contribution in [3.8, 4) is 5.88 Å². The Morgan fingerprint density at radius 1 is 1.00 bits per heavy atom. The number of hydrogen-bond acceptors (Lipinski definition) is 3. The first-order valence-electron chi connectivity index (χ1n) is 8.01. The van der Waals surface area contributed by atoms with Gasteiger partial charge >= 0.3 is 0 Å². The van der Waals surface area contributed by atoms with Crippen LogP contribution in [0.25, 0.3) is 21.8 Å². The smallest absolute Gasteiger partial charge is 0.265 e. The number of H-pyrrole nitrogens is 2. The highest BCUT2D eigenvalue weighted by molar-refractivity contribution is 5.94. The SMILES string of the molecule is O=C(CCc1c[nH]c2ccccc12)N=Nc1c(O)[nH]c2ccccc12. The molecule has 25 heavy (non-hydrogen) atoms. The number of fused-ring (bicyclic) bond motifs is 2. The molecule has 6 nitrogen and oxygen atoms in total. The molecule has 4 aromatic rings. The minimum Gasteiger partial charge on any atom is -0.493 e. The Hall–Kier alpha value is -3.41. The molecule has 0 fully saturated rings. The summed E-state index contributed by atoms with van der Waals surface area (Å²) < 4.78 is 0. The molecule has 3 N–H and O–H groups in total. The normalized spacial score (nSPS) is 11.7. The molecule has 0 aliphatic heterocycles. The number of benzene rings is 2. The van der Waals surface area contributed by atoms with Gasteiger partial charge in [-0.15, -0.1) is 10.2 Å². The van der Waals surface area contributed by atoms with Crippen LogP contribution >= 0.6 is 0 Å². The monoisotopic (exact) mass is 332 g/mol. The number of rotatable bonds is 4. The van der Waals surface area contributed by atoms with E-state index >= 15 is 0 Å². The molecule has 0 saturated carbocycles. The fourth-order valence-electron chi connectivity index (χ4n) is 2.95. The zero-order valence-electron chi connectivity index (χ0n) is 13.4. The van der Waals surface area contributed by atoms with E-state index < -0.39 is 0 Å². The van der Waals surface area contributed by atoms with Gasteiger partial charge in [0.2, 0.25) is 5.88 Å². The average Bonchev–Trinajstić information content (AvgIpc) is 3.18. The molecule has 0 unspecified atom stereocenters. The van der Waals surface area contributed by atoms with Crippen molar-refractivity contribution in [2.24, 2.45) is 10.2 Å². The maximum atomic E-state index is 12.1. The number of carbonyl (C=O) groups is 1. The highest BCUT2D eigenvalue weighted by Crippen LogP contribution is 2.35. The number of aromatic nitrogens is 2. The zero-order valence-corrected chi connectivity index (χ0v) is 13.4. The van der Waals surface area contributed by atoms with Gasteiger partial charge in [-0.2, -0.15) is 0 Å². The summed E-state index contributed by atoms with van der Waals surface area (Å²) in [6.45, 7) is 0. The average molecular weight is 332 g/mol. The predicted molar refractivity (Wildman–Crippen MR) is 96.1 cm³/mol. The fourth-order valence-corrected chi connectivity index (χ4v) is 2.95. The lowest BCUT2D eigenvalue weighted by Gasteiger charge is -1.96. The van der Waals surface area contributed by atoms with Gasteiger partial charge in [0.1, 0.15) is 0 Å². The van der Waals surface area contributed by atoms with E-state index in [0.29, 0.717) is 6.42 Å². The third kappa shape index (κ3) is 2.89. The van der Waals surface area contributed by atoms with Crippen molar-refractivity contribution in [1.82, 2.24) is 9.97 Å². The first kappa shape index (κ1) is 15.1. The van der Waals surface area contributed by atoms with E-state index in [9.17, 15) is 9.90 Å². The van der Waals surface area contributed by atoms with E-state index in [2.05, 4.69) is 20.2 Å². The third-order valence-corrected chi connectivity index (χ3v) is 4.20. The summed E-state index contributed by atoms with van der Waals surface area (Å²) in [6.07, 6.45) is 2.76. The number of azo groups is 1. The highest BCUT2D eigenvalue weighted by Gasteiger charge is 2.11. The van der Waals surface area contributed by atoms with Gasteiger partial charge < -0.3 is 15.1 Å². The Labute approximate surface area is 143 Å². The quantitative estimate of drug-likeness (QED) is 0.476. The van der Waals surface area contributed by atoms with Crippen molar-refractivity contribution in [2.45, 2.75) is 12.8 Å². The molecule has 4 rings (SSSR count). The highest BCUT2D eigenvalue weighted by atomic mass is 16.3. The zero-order chi connectivity index (χ0) is 17.2. The Bertz CT molecular complexity index is 1090. The molecule has 124 valence electrons. The number of hydrogen-bond donors (Lipinski definition) is 3. The summed E-state index contributed by atoms with van der Waals surface area (Å²) in [5.74, 6) is -0.413. The predicted octanol–water partition coefficient (Wildman–Crippen LogP) is 4.60. The molecule has 0 radical (unpaired) electrons. The lowest BCUT2D eigenvalue weighted by molar-refractivity contribution is -0.118. The van der Waals surface area contributed by atoms with Crippen molar-refractivity contribution < 1.29 is 9.90 Å². The molecule has 0 bridgehead atoms. The van der Waals surface area contributed by atoms with Crippen LogP contribution in [0.4, 0.5) is 5.69 Å². The first-order chi connectivity index (χ1) is 12.2. The molecule has 2 aromatic heterocycles. The van der Waals surface area contributed by atoms with Crippen molar-refractivity contribution in [2.75, 3.05) is 0 Å². The first-order valence-corrected chi connectivity index (χ1v) is 8.01. The maximum absolute atomic E-state index is 12.1. The molecule has 0 saturated heterocycles. The summed E-state index contributed by atoms with van der Waals surface area (Å²) in [4.78, 5) is 18.1. The molecular weight excluding hydrogens is 316 g/mol. The largest absolute Gasteiger partial charge is 0.493 e. The topological polar surface area (TPSA) is 93.6 Å². The van der Waals surface area contributed by atoms with Crippen molar-refractivity contribution in [3.63, 3.8) is 0 Å². The summed E-state index contributed by atoms with van der Waals surface area (Å²) in [7, 11) is 0. The lowest BCUT2D eigenvalue weighted by Crippen LogP contribution is -1.95. The maximum Gasteiger partial charge on any atom is 0.265 e. The Kier molecular flexibility index (Phi) is 3.78. The van der Waals surface area contributed by atoms with Crippen LogP contribution in [-0.4, -0.2) is 21.0 Å². The fraction of sp³-hybridized carbons (Fsp3) is 0.105. The van der Waals surface area contributed by atoms with Gasteiger partial charge in [0.15, 0.2) is 5.69 Å². The molecule has 1 amide bonds. The van der Waals surface area contributed by atoms with Gasteiger partial charge in [-0.1, -0.05) is 36.4 Å².